The van der Waals surface area contributed by atoms with E-state index in [1.54, 1.807) is 18.2 Å². The van der Waals surface area contributed by atoms with Gasteiger partial charge in [0.05, 0.1) is 18.1 Å². The van der Waals surface area contributed by atoms with Crippen molar-refractivity contribution < 1.29 is 19.2 Å². The first-order valence-corrected chi connectivity index (χ1v) is 10.3. The van der Waals surface area contributed by atoms with E-state index < -0.39 is 0 Å². The maximum absolute atomic E-state index is 12.7. The minimum atomic E-state index is -0.359. The lowest BCUT2D eigenvalue weighted by Gasteiger charge is -2.35. The fourth-order valence-corrected chi connectivity index (χ4v) is 3.86. The number of rotatable bonds is 5. The van der Waals surface area contributed by atoms with Crippen LogP contribution in [0.5, 0.6) is 11.5 Å². The molecule has 0 radical (unpaired) electrons. The van der Waals surface area contributed by atoms with Crippen LogP contribution in [0.25, 0.3) is 0 Å². The van der Waals surface area contributed by atoms with Crippen molar-refractivity contribution in [1.29, 1.82) is 0 Å². The number of amides is 1. The predicted octanol–water partition coefficient (Wildman–Crippen LogP) is 3.04. The number of fused-ring (bicyclic) bond motifs is 1. The molecule has 1 saturated heterocycles. The third kappa shape index (κ3) is 4.48. The molecule has 4 rings (SSSR count). The summed E-state index contributed by atoms with van der Waals surface area (Å²) in [5, 5.41) is 11.3. The average molecular weight is 411 g/mol. The lowest BCUT2D eigenvalue weighted by molar-refractivity contribution is -0.384. The molecular formula is C22H25N3O5. The van der Waals surface area contributed by atoms with Gasteiger partial charge >= 0.3 is 0 Å². The Morgan fingerprint density at radius 2 is 1.73 bits per heavy atom. The van der Waals surface area contributed by atoms with Gasteiger partial charge < -0.3 is 19.3 Å². The Balaban J connectivity index is 1.31. The van der Waals surface area contributed by atoms with Crippen LogP contribution in [-0.4, -0.2) is 55.1 Å². The second-order valence-electron chi connectivity index (χ2n) is 7.45. The summed E-state index contributed by atoms with van der Waals surface area (Å²) >= 11 is 0. The van der Waals surface area contributed by atoms with Crippen molar-refractivity contribution in [1.82, 2.24) is 4.90 Å². The van der Waals surface area contributed by atoms with Gasteiger partial charge in [-0.15, -0.1) is 0 Å². The number of para-hydroxylation sites is 2. The summed E-state index contributed by atoms with van der Waals surface area (Å²) < 4.78 is 11.4. The van der Waals surface area contributed by atoms with E-state index in [0.29, 0.717) is 57.9 Å². The Morgan fingerprint density at radius 3 is 2.50 bits per heavy atom. The van der Waals surface area contributed by atoms with E-state index in [-0.39, 0.29) is 16.5 Å². The molecule has 2 aromatic rings. The molecule has 0 atom stereocenters. The Labute approximate surface area is 175 Å². The molecule has 0 bridgehead atoms. The molecule has 0 spiro atoms. The highest BCUT2D eigenvalue weighted by atomic mass is 16.6. The fraction of sp³-hybridized carbons (Fsp3) is 0.409. The Morgan fingerprint density at radius 1 is 1.00 bits per heavy atom. The predicted molar refractivity (Wildman–Crippen MR) is 112 cm³/mol. The molecule has 2 aliphatic rings. The monoisotopic (exact) mass is 411 g/mol. The number of carbonyl (C=O) groups is 1. The maximum Gasteiger partial charge on any atom is 0.292 e. The molecule has 158 valence electrons. The van der Waals surface area contributed by atoms with Gasteiger partial charge in [-0.1, -0.05) is 18.2 Å². The van der Waals surface area contributed by atoms with E-state index in [1.165, 1.54) is 6.07 Å². The molecule has 30 heavy (non-hydrogen) atoms. The van der Waals surface area contributed by atoms with Crippen molar-refractivity contribution in [2.45, 2.75) is 19.3 Å². The quantitative estimate of drug-likeness (QED) is 0.555. The number of benzene rings is 2. The molecule has 0 saturated carbocycles. The van der Waals surface area contributed by atoms with E-state index in [2.05, 4.69) is 0 Å². The van der Waals surface area contributed by atoms with Crippen molar-refractivity contribution in [3.05, 3.63) is 58.1 Å². The molecule has 0 N–H and O–H groups in total. The summed E-state index contributed by atoms with van der Waals surface area (Å²) in [5.41, 5.74) is 1.76. The van der Waals surface area contributed by atoms with Crippen LogP contribution in [0.1, 0.15) is 18.4 Å². The third-order valence-electron chi connectivity index (χ3n) is 5.49. The first-order chi connectivity index (χ1) is 14.6. The van der Waals surface area contributed by atoms with Gasteiger partial charge in [0.2, 0.25) is 5.91 Å². The van der Waals surface area contributed by atoms with Crippen LogP contribution in [0.4, 0.5) is 11.4 Å². The van der Waals surface area contributed by atoms with Crippen LogP contribution in [0, 0.1) is 10.1 Å². The number of anilines is 1. The van der Waals surface area contributed by atoms with E-state index in [9.17, 15) is 14.9 Å². The van der Waals surface area contributed by atoms with E-state index in [4.69, 9.17) is 9.47 Å². The molecule has 8 nitrogen and oxygen atoms in total. The number of piperazine rings is 1. The molecule has 2 aliphatic heterocycles. The highest BCUT2D eigenvalue weighted by Gasteiger charge is 2.25. The van der Waals surface area contributed by atoms with Gasteiger partial charge in [0.15, 0.2) is 11.5 Å². The van der Waals surface area contributed by atoms with Crippen LogP contribution in [-0.2, 0) is 11.2 Å². The number of carbonyl (C=O) groups excluding carboxylic acids is 1. The van der Waals surface area contributed by atoms with Crippen LogP contribution in [0.3, 0.4) is 0 Å². The second kappa shape index (κ2) is 9.02. The molecule has 8 heteroatoms. The van der Waals surface area contributed by atoms with Gasteiger partial charge in [0.1, 0.15) is 5.69 Å². The number of nitrogens with zero attached hydrogens (tertiary/aromatic N) is 3. The Kier molecular flexibility index (Phi) is 6.02. The van der Waals surface area contributed by atoms with Crippen molar-refractivity contribution in [2.75, 3.05) is 44.3 Å². The number of nitro groups is 1. The largest absolute Gasteiger partial charge is 0.490 e. The standard InChI is InChI=1S/C22H25N3O5/c26-22(9-7-17-6-8-20-21(16-17)30-15-3-14-29-20)24-12-10-23(11-13-24)18-4-1-2-5-19(18)25(27)28/h1-2,4-6,8,16H,3,7,9-15H2. The molecule has 0 aliphatic carbocycles. The zero-order chi connectivity index (χ0) is 20.9. The molecule has 2 aromatic carbocycles. The minimum Gasteiger partial charge on any atom is -0.490 e. The Hall–Kier alpha value is -3.29. The SMILES string of the molecule is O=C(CCc1ccc2c(c1)OCCCO2)N1CCN(c2ccccc2[N+](=O)[O-])CC1. The van der Waals surface area contributed by atoms with Gasteiger partial charge in [-0.05, 0) is 30.2 Å². The van der Waals surface area contributed by atoms with Crippen LogP contribution < -0.4 is 14.4 Å². The molecule has 0 unspecified atom stereocenters. The van der Waals surface area contributed by atoms with Crippen molar-refractivity contribution in [2.24, 2.45) is 0 Å². The summed E-state index contributed by atoms with van der Waals surface area (Å²) in [7, 11) is 0. The van der Waals surface area contributed by atoms with Crippen molar-refractivity contribution >= 4 is 17.3 Å². The first kappa shape index (κ1) is 20.0. The van der Waals surface area contributed by atoms with Gasteiger partial charge in [0.25, 0.3) is 5.69 Å². The van der Waals surface area contributed by atoms with Crippen molar-refractivity contribution in [3.63, 3.8) is 0 Å². The van der Waals surface area contributed by atoms with Crippen molar-refractivity contribution in [3.8, 4) is 11.5 Å². The fourth-order valence-electron chi connectivity index (χ4n) is 3.86. The number of nitro benzene ring substituents is 1. The normalized spacial score (nSPS) is 16.1. The summed E-state index contributed by atoms with van der Waals surface area (Å²) in [5.74, 6) is 1.61. The summed E-state index contributed by atoms with van der Waals surface area (Å²) in [4.78, 5) is 27.4. The first-order valence-electron chi connectivity index (χ1n) is 10.3. The van der Waals surface area contributed by atoms with Gasteiger partial charge in [-0.2, -0.15) is 0 Å². The van der Waals surface area contributed by atoms with Crippen LogP contribution >= 0.6 is 0 Å². The van der Waals surface area contributed by atoms with Gasteiger partial charge in [-0.25, -0.2) is 0 Å². The second-order valence-corrected chi connectivity index (χ2v) is 7.45. The maximum atomic E-state index is 12.7. The minimum absolute atomic E-state index is 0.101. The average Bonchev–Trinajstić information content (AvgIpc) is 3.02. The van der Waals surface area contributed by atoms with Gasteiger partial charge in [-0.3, -0.25) is 14.9 Å². The van der Waals surface area contributed by atoms with Gasteiger partial charge in [0, 0.05) is 45.1 Å². The Bertz CT molecular complexity index is 925. The number of ether oxygens (including phenoxy) is 2. The zero-order valence-electron chi connectivity index (χ0n) is 16.8. The molecular weight excluding hydrogens is 386 g/mol. The summed E-state index contributed by atoms with van der Waals surface area (Å²) in [6.45, 7) is 3.58. The number of hydrogen-bond donors (Lipinski definition) is 0. The third-order valence-corrected chi connectivity index (χ3v) is 5.49. The van der Waals surface area contributed by atoms with E-state index in [1.807, 2.05) is 28.0 Å². The molecule has 1 fully saturated rings. The lowest BCUT2D eigenvalue weighted by Crippen LogP contribution is -2.49. The summed E-state index contributed by atoms with van der Waals surface area (Å²) in [6.07, 6.45) is 1.92. The smallest absolute Gasteiger partial charge is 0.292 e. The van der Waals surface area contributed by atoms with E-state index >= 15 is 0 Å². The number of aryl methyl sites for hydroxylation is 1. The topological polar surface area (TPSA) is 85.2 Å². The van der Waals surface area contributed by atoms with E-state index in [0.717, 1.165) is 23.5 Å². The highest BCUT2D eigenvalue weighted by molar-refractivity contribution is 5.77. The number of hydrogen-bond acceptors (Lipinski definition) is 6. The lowest BCUT2D eigenvalue weighted by atomic mass is 10.1. The highest BCUT2D eigenvalue weighted by Crippen LogP contribution is 2.31. The van der Waals surface area contributed by atoms with Crippen LogP contribution in [0.15, 0.2) is 42.5 Å². The molecule has 0 aromatic heterocycles. The zero-order valence-corrected chi connectivity index (χ0v) is 16.8. The molecule has 1 amide bonds. The molecule has 2 heterocycles. The van der Waals surface area contributed by atoms with Crippen LogP contribution in [0.2, 0.25) is 0 Å². The summed E-state index contributed by atoms with van der Waals surface area (Å²) in [6, 6.07) is 12.6.